The predicted molar refractivity (Wildman–Crippen MR) is 63.9 cm³/mol. The van der Waals surface area contributed by atoms with Gasteiger partial charge in [0.25, 0.3) is 0 Å². The van der Waals surface area contributed by atoms with Crippen molar-refractivity contribution in [1.82, 2.24) is 4.98 Å². The van der Waals surface area contributed by atoms with E-state index >= 15 is 0 Å². The zero-order valence-corrected chi connectivity index (χ0v) is 9.57. The minimum atomic E-state index is -2.87. The average Bonchev–Trinajstić information content (AvgIpc) is 2.22. The van der Waals surface area contributed by atoms with Gasteiger partial charge in [0.05, 0.1) is 29.1 Å². The Morgan fingerprint density at radius 2 is 1.81 bits per heavy atom. The summed E-state index contributed by atoms with van der Waals surface area (Å²) in [6.07, 6.45) is 1.49. The number of hydrogen-bond donors (Lipinski definition) is 2. The van der Waals surface area contributed by atoms with E-state index in [4.69, 9.17) is 11.5 Å². The molecule has 0 aromatic carbocycles. The van der Waals surface area contributed by atoms with Gasteiger partial charge >= 0.3 is 0 Å². The molecule has 1 aromatic rings. The molecule has 0 amide bonds. The van der Waals surface area contributed by atoms with Crippen molar-refractivity contribution in [1.29, 1.82) is 0 Å². The van der Waals surface area contributed by atoms with E-state index < -0.39 is 9.84 Å². The summed E-state index contributed by atoms with van der Waals surface area (Å²) in [5.41, 5.74) is 12.1. The molecule has 88 valence electrons. The van der Waals surface area contributed by atoms with Crippen molar-refractivity contribution in [2.24, 2.45) is 0 Å². The molecule has 16 heavy (non-hydrogen) atoms. The lowest BCUT2D eigenvalue weighted by molar-refractivity contribution is 0.586. The molecule has 0 aliphatic carbocycles. The summed E-state index contributed by atoms with van der Waals surface area (Å²) in [5.74, 6) is 1.01. The largest absolute Gasteiger partial charge is 0.397 e. The fraction of sp³-hybridized carbons (Fsp3) is 0.444. The van der Waals surface area contributed by atoms with E-state index in [-0.39, 0.29) is 11.5 Å². The van der Waals surface area contributed by atoms with Crippen molar-refractivity contribution in [3.63, 3.8) is 0 Å². The summed E-state index contributed by atoms with van der Waals surface area (Å²) in [5, 5.41) is 0. The van der Waals surface area contributed by atoms with Crippen LogP contribution in [0.5, 0.6) is 0 Å². The van der Waals surface area contributed by atoms with E-state index in [1.54, 1.807) is 6.07 Å². The molecule has 7 heteroatoms. The predicted octanol–water partition coefficient (Wildman–Crippen LogP) is -0.519. The Morgan fingerprint density at radius 3 is 2.38 bits per heavy atom. The molecule has 0 unspecified atom stereocenters. The van der Waals surface area contributed by atoms with Gasteiger partial charge < -0.3 is 16.4 Å². The number of aromatic nitrogens is 1. The van der Waals surface area contributed by atoms with Crippen molar-refractivity contribution in [3.05, 3.63) is 12.3 Å². The van der Waals surface area contributed by atoms with Crippen LogP contribution in [0.1, 0.15) is 0 Å². The molecule has 0 bridgehead atoms. The van der Waals surface area contributed by atoms with Crippen LogP contribution in [0.25, 0.3) is 0 Å². The maximum atomic E-state index is 11.3. The summed E-state index contributed by atoms with van der Waals surface area (Å²) in [6.45, 7) is 0.914. The molecule has 2 rings (SSSR count). The molecule has 4 N–H and O–H groups in total. The first-order valence-corrected chi connectivity index (χ1v) is 6.76. The third kappa shape index (κ3) is 2.19. The maximum Gasteiger partial charge on any atom is 0.153 e. The van der Waals surface area contributed by atoms with E-state index in [0.29, 0.717) is 30.3 Å². The van der Waals surface area contributed by atoms with Crippen LogP contribution in [0.15, 0.2) is 12.3 Å². The molecule has 1 aliphatic heterocycles. The average molecular weight is 242 g/mol. The zero-order valence-electron chi connectivity index (χ0n) is 8.76. The van der Waals surface area contributed by atoms with E-state index in [1.807, 2.05) is 4.90 Å². The molecule has 1 aliphatic rings. The second-order valence-electron chi connectivity index (χ2n) is 3.81. The Kier molecular flexibility index (Phi) is 2.63. The Morgan fingerprint density at radius 1 is 1.19 bits per heavy atom. The van der Waals surface area contributed by atoms with E-state index in [1.165, 1.54) is 6.20 Å². The van der Waals surface area contributed by atoms with Crippen LogP contribution in [-0.2, 0) is 9.84 Å². The van der Waals surface area contributed by atoms with Gasteiger partial charge in [0.15, 0.2) is 9.84 Å². The summed E-state index contributed by atoms with van der Waals surface area (Å²) in [7, 11) is -2.87. The van der Waals surface area contributed by atoms with Gasteiger partial charge in [-0.3, -0.25) is 0 Å². The van der Waals surface area contributed by atoms with E-state index in [9.17, 15) is 8.42 Å². The number of nitrogens with zero attached hydrogens (tertiary/aromatic N) is 2. The van der Waals surface area contributed by atoms with Crippen molar-refractivity contribution in [2.45, 2.75) is 0 Å². The molecule has 0 saturated carbocycles. The number of rotatable bonds is 1. The molecule has 1 saturated heterocycles. The van der Waals surface area contributed by atoms with Crippen LogP contribution < -0.4 is 16.4 Å². The van der Waals surface area contributed by atoms with Gasteiger partial charge in [0.2, 0.25) is 0 Å². The fourth-order valence-corrected chi connectivity index (χ4v) is 2.79. The molecular weight excluding hydrogens is 228 g/mol. The molecule has 2 heterocycles. The van der Waals surface area contributed by atoms with Gasteiger partial charge in [-0.05, 0) is 0 Å². The molecule has 1 aromatic heterocycles. The number of nitrogen functional groups attached to an aromatic ring is 2. The smallest absolute Gasteiger partial charge is 0.153 e. The lowest BCUT2D eigenvalue weighted by atomic mass is 10.3. The van der Waals surface area contributed by atoms with Crippen molar-refractivity contribution in [3.8, 4) is 0 Å². The van der Waals surface area contributed by atoms with Gasteiger partial charge in [0, 0.05) is 19.2 Å². The van der Waals surface area contributed by atoms with Gasteiger partial charge in [-0.2, -0.15) is 0 Å². The lowest BCUT2D eigenvalue weighted by Gasteiger charge is -2.27. The maximum absolute atomic E-state index is 11.3. The number of pyridine rings is 1. The number of hydrogen-bond acceptors (Lipinski definition) is 6. The molecule has 6 nitrogen and oxygen atoms in total. The summed E-state index contributed by atoms with van der Waals surface area (Å²) in [4.78, 5) is 6.04. The van der Waals surface area contributed by atoms with Gasteiger partial charge in [-0.1, -0.05) is 0 Å². The number of anilines is 3. The number of nitrogens with two attached hydrogens (primary N) is 2. The molecule has 0 atom stereocenters. The van der Waals surface area contributed by atoms with Crippen molar-refractivity contribution < 1.29 is 8.42 Å². The van der Waals surface area contributed by atoms with E-state index in [2.05, 4.69) is 4.98 Å². The highest BCUT2D eigenvalue weighted by Crippen LogP contribution is 2.21. The van der Waals surface area contributed by atoms with Crippen LogP contribution in [-0.4, -0.2) is 38.0 Å². The highest BCUT2D eigenvalue weighted by Gasteiger charge is 2.22. The Balaban J connectivity index is 2.17. The first-order valence-electron chi connectivity index (χ1n) is 4.94. The SMILES string of the molecule is Nc1cnc(N2CCS(=O)(=O)CC2)cc1N. The third-order valence-electron chi connectivity index (χ3n) is 2.62. The Hall–Kier alpha value is -1.50. The van der Waals surface area contributed by atoms with Crippen LogP contribution in [0.3, 0.4) is 0 Å². The minimum Gasteiger partial charge on any atom is -0.397 e. The van der Waals surface area contributed by atoms with Gasteiger partial charge in [-0.25, -0.2) is 13.4 Å². The van der Waals surface area contributed by atoms with Crippen molar-refractivity contribution >= 4 is 27.0 Å². The topological polar surface area (TPSA) is 102 Å². The fourth-order valence-electron chi connectivity index (χ4n) is 1.58. The highest BCUT2D eigenvalue weighted by atomic mass is 32.2. The van der Waals surface area contributed by atoms with Crippen LogP contribution >= 0.6 is 0 Å². The molecule has 0 spiro atoms. The van der Waals surface area contributed by atoms with Crippen molar-refractivity contribution in [2.75, 3.05) is 41.0 Å². The van der Waals surface area contributed by atoms with E-state index in [0.717, 1.165) is 0 Å². The summed E-state index contributed by atoms with van der Waals surface area (Å²) < 4.78 is 22.5. The molecule has 0 radical (unpaired) electrons. The lowest BCUT2D eigenvalue weighted by Crippen LogP contribution is -2.40. The Bertz CT molecular complexity index is 486. The van der Waals surface area contributed by atoms with Crippen LogP contribution in [0.2, 0.25) is 0 Å². The summed E-state index contributed by atoms with van der Waals surface area (Å²) >= 11 is 0. The second kappa shape index (κ2) is 3.82. The normalized spacial score (nSPS) is 19.6. The standard InChI is InChI=1S/C9H14N4O2S/c10-7-5-9(12-6-8(7)11)13-1-3-16(14,15)4-2-13/h5-6H,1-4,11H2,(H2,10,12). The molecular formula is C9H14N4O2S. The third-order valence-corrected chi connectivity index (χ3v) is 4.23. The first kappa shape index (κ1) is 11.0. The highest BCUT2D eigenvalue weighted by molar-refractivity contribution is 7.91. The Labute approximate surface area is 94.2 Å². The first-order chi connectivity index (χ1) is 7.48. The zero-order chi connectivity index (χ0) is 11.8. The summed E-state index contributed by atoms with van der Waals surface area (Å²) in [6, 6.07) is 1.67. The van der Waals surface area contributed by atoms with Gasteiger partial charge in [0.1, 0.15) is 5.82 Å². The quantitative estimate of drug-likeness (QED) is 0.687. The monoisotopic (exact) mass is 242 g/mol. The van der Waals surface area contributed by atoms with Crippen LogP contribution in [0, 0.1) is 0 Å². The second-order valence-corrected chi connectivity index (χ2v) is 6.11. The van der Waals surface area contributed by atoms with Gasteiger partial charge in [-0.15, -0.1) is 0 Å². The minimum absolute atomic E-state index is 0.166. The van der Waals surface area contributed by atoms with Crippen LogP contribution in [0.4, 0.5) is 17.2 Å². The molecule has 1 fully saturated rings. The number of sulfone groups is 1.